The number of rotatable bonds is 4. The van der Waals surface area contributed by atoms with Gasteiger partial charge in [0.2, 0.25) is 5.91 Å². The summed E-state index contributed by atoms with van der Waals surface area (Å²) in [7, 11) is 1.99. The zero-order chi connectivity index (χ0) is 15.5. The molecular formula is C14H17F3N2O2. The number of hydrogen-bond donors (Lipinski definition) is 1. The number of halogens is 3. The van der Waals surface area contributed by atoms with E-state index in [1.165, 1.54) is 24.3 Å². The molecule has 0 aliphatic carbocycles. The van der Waals surface area contributed by atoms with E-state index in [2.05, 4.69) is 15.0 Å². The molecule has 4 nitrogen and oxygen atoms in total. The van der Waals surface area contributed by atoms with Gasteiger partial charge in [-0.2, -0.15) is 0 Å². The minimum absolute atomic E-state index is 0.125. The smallest absolute Gasteiger partial charge is 0.406 e. The number of hydrogen-bond acceptors (Lipinski definition) is 3. The van der Waals surface area contributed by atoms with Gasteiger partial charge in [0.15, 0.2) is 0 Å². The van der Waals surface area contributed by atoms with Crippen LogP contribution < -0.4 is 10.1 Å². The predicted octanol–water partition coefficient (Wildman–Crippen LogP) is 1.95. The molecule has 2 rings (SSSR count). The number of likely N-dealkylation sites (N-methyl/N-ethyl adjacent to an activating group) is 1. The lowest BCUT2D eigenvalue weighted by Crippen LogP contribution is -2.37. The first kappa shape index (κ1) is 15.6. The van der Waals surface area contributed by atoms with E-state index in [4.69, 9.17) is 0 Å². The standard InChI is InChI=1S/C14H17F3N2O2/c1-19-7-6-11(9-19)18-13(20)8-10-2-4-12(5-3-10)21-14(15,16)17/h2-5,11H,6-9H2,1H3,(H,18,20)/t11-/m1/s1. The van der Waals surface area contributed by atoms with Crippen LogP contribution in [0.1, 0.15) is 12.0 Å². The Balaban J connectivity index is 1.84. The van der Waals surface area contributed by atoms with Gasteiger partial charge in [0.25, 0.3) is 0 Å². The molecule has 1 aliphatic rings. The highest BCUT2D eigenvalue weighted by Crippen LogP contribution is 2.22. The van der Waals surface area contributed by atoms with Crippen LogP contribution in [0.2, 0.25) is 0 Å². The molecule has 1 N–H and O–H groups in total. The van der Waals surface area contributed by atoms with Gasteiger partial charge >= 0.3 is 6.36 Å². The number of carbonyl (C=O) groups is 1. The molecule has 1 aliphatic heterocycles. The van der Waals surface area contributed by atoms with E-state index >= 15 is 0 Å². The molecule has 0 aromatic heterocycles. The molecule has 1 atom stereocenters. The lowest BCUT2D eigenvalue weighted by Gasteiger charge is -2.13. The zero-order valence-electron chi connectivity index (χ0n) is 11.6. The van der Waals surface area contributed by atoms with Crippen molar-refractivity contribution in [2.24, 2.45) is 0 Å². The molecule has 0 saturated carbocycles. The van der Waals surface area contributed by atoms with Crippen molar-refractivity contribution in [3.63, 3.8) is 0 Å². The molecular weight excluding hydrogens is 285 g/mol. The van der Waals surface area contributed by atoms with Crippen LogP contribution >= 0.6 is 0 Å². The number of carbonyl (C=O) groups excluding carboxylic acids is 1. The lowest BCUT2D eigenvalue weighted by atomic mass is 10.1. The molecule has 1 aromatic rings. The van der Waals surface area contributed by atoms with E-state index in [9.17, 15) is 18.0 Å². The van der Waals surface area contributed by atoms with Gasteiger partial charge in [0.05, 0.1) is 6.42 Å². The first-order chi connectivity index (χ1) is 9.82. The van der Waals surface area contributed by atoms with Gasteiger partial charge in [0.1, 0.15) is 5.75 Å². The second kappa shape index (κ2) is 6.34. The van der Waals surface area contributed by atoms with Gasteiger partial charge in [-0.05, 0) is 37.7 Å². The van der Waals surface area contributed by atoms with Crippen molar-refractivity contribution in [1.82, 2.24) is 10.2 Å². The molecule has 0 spiro atoms. The predicted molar refractivity (Wildman–Crippen MR) is 70.9 cm³/mol. The normalized spacial score (nSPS) is 19.5. The summed E-state index contributed by atoms with van der Waals surface area (Å²) < 4.78 is 39.8. The van der Waals surface area contributed by atoms with E-state index in [-0.39, 0.29) is 24.1 Å². The van der Waals surface area contributed by atoms with Crippen molar-refractivity contribution in [3.05, 3.63) is 29.8 Å². The number of alkyl halides is 3. The summed E-state index contributed by atoms with van der Waals surface area (Å²) in [4.78, 5) is 14.0. The monoisotopic (exact) mass is 302 g/mol. The number of nitrogens with zero attached hydrogens (tertiary/aromatic N) is 1. The molecule has 0 bridgehead atoms. The zero-order valence-corrected chi connectivity index (χ0v) is 11.6. The van der Waals surface area contributed by atoms with E-state index in [1.807, 2.05) is 7.05 Å². The Kier molecular flexibility index (Phi) is 4.72. The first-order valence-corrected chi connectivity index (χ1v) is 6.64. The molecule has 116 valence electrons. The summed E-state index contributed by atoms with van der Waals surface area (Å²) in [6.45, 7) is 1.78. The average molecular weight is 302 g/mol. The van der Waals surface area contributed by atoms with Crippen molar-refractivity contribution in [3.8, 4) is 5.75 Å². The fraction of sp³-hybridized carbons (Fsp3) is 0.500. The molecule has 1 amide bonds. The molecule has 0 unspecified atom stereocenters. The van der Waals surface area contributed by atoms with Crippen molar-refractivity contribution in [1.29, 1.82) is 0 Å². The lowest BCUT2D eigenvalue weighted by molar-refractivity contribution is -0.274. The summed E-state index contributed by atoms with van der Waals surface area (Å²) >= 11 is 0. The van der Waals surface area contributed by atoms with Gasteiger partial charge in [-0.1, -0.05) is 12.1 Å². The maximum Gasteiger partial charge on any atom is 0.573 e. The third-order valence-electron chi connectivity index (χ3n) is 3.28. The maximum atomic E-state index is 12.0. The Bertz CT molecular complexity index is 488. The quantitative estimate of drug-likeness (QED) is 0.924. The van der Waals surface area contributed by atoms with Crippen molar-refractivity contribution in [2.75, 3.05) is 20.1 Å². The molecule has 1 saturated heterocycles. The third kappa shape index (κ3) is 5.26. The molecule has 0 radical (unpaired) electrons. The summed E-state index contributed by atoms with van der Waals surface area (Å²) in [6.07, 6.45) is -3.64. The van der Waals surface area contributed by atoms with Crippen molar-refractivity contribution < 1.29 is 22.7 Å². The van der Waals surface area contributed by atoms with Gasteiger partial charge < -0.3 is 15.0 Å². The average Bonchev–Trinajstić information content (AvgIpc) is 2.75. The molecule has 1 heterocycles. The number of benzene rings is 1. The van der Waals surface area contributed by atoms with Crippen LogP contribution in [0, 0.1) is 0 Å². The minimum Gasteiger partial charge on any atom is -0.406 e. The highest BCUT2D eigenvalue weighted by atomic mass is 19.4. The maximum absolute atomic E-state index is 12.0. The second-order valence-corrected chi connectivity index (χ2v) is 5.18. The number of amides is 1. The summed E-state index contributed by atoms with van der Waals surface area (Å²) in [6, 6.07) is 5.48. The fourth-order valence-corrected chi connectivity index (χ4v) is 2.33. The molecule has 1 fully saturated rings. The summed E-state index contributed by atoms with van der Waals surface area (Å²) in [5, 5.41) is 2.92. The highest BCUT2D eigenvalue weighted by Gasteiger charge is 2.31. The molecule has 1 aromatic carbocycles. The Hall–Kier alpha value is -1.76. The third-order valence-corrected chi connectivity index (χ3v) is 3.28. The van der Waals surface area contributed by atoms with Crippen molar-refractivity contribution >= 4 is 5.91 Å². The number of ether oxygens (including phenoxy) is 1. The van der Waals surface area contributed by atoms with Crippen LogP contribution in [0.15, 0.2) is 24.3 Å². The van der Waals surface area contributed by atoms with E-state index in [0.29, 0.717) is 5.56 Å². The van der Waals surface area contributed by atoms with E-state index in [1.54, 1.807) is 0 Å². The van der Waals surface area contributed by atoms with Gasteiger partial charge in [-0.15, -0.1) is 13.2 Å². The van der Waals surface area contributed by atoms with Crippen LogP contribution in [0.5, 0.6) is 5.75 Å². The minimum atomic E-state index is -4.70. The van der Waals surface area contributed by atoms with Crippen LogP contribution in [0.4, 0.5) is 13.2 Å². The summed E-state index contributed by atoms with van der Waals surface area (Å²) in [5.41, 5.74) is 0.647. The summed E-state index contributed by atoms with van der Waals surface area (Å²) in [5.74, 6) is -0.413. The molecule has 7 heteroatoms. The van der Waals surface area contributed by atoms with Crippen LogP contribution in [-0.4, -0.2) is 43.3 Å². The van der Waals surface area contributed by atoms with Gasteiger partial charge in [-0.3, -0.25) is 4.79 Å². The van der Waals surface area contributed by atoms with Gasteiger partial charge in [-0.25, -0.2) is 0 Å². The second-order valence-electron chi connectivity index (χ2n) is 5.18. The number of likely N-dealkylation sites (tertiary alicyclic amines) is 1. The van der Waals surface area contributed by atoms with Crippen LogP contribution in [0.25, 0.3) is 0 Å². The molecule has 21 heavy (non-hydrogen) atoms. The van der Waals surface area contributed by atoms with Crippen LogP contribution in [-0.2, 0) is 11.2 Å². The van der Waals surface area contributed by atoms with E-state index < -0.39 is 6.36 Å². The van der Waals surface area contributed by atoms with Crippen molar-refractivity contribution in [2.45, 2.75) is 25.2 Å². The topological polar surface area (TPSA) is 41.6 Å². The Morgan fingerprint density at radius 3 is 2.57 bits per heavy atom. The highest BCUT2D eigenvalue weighted by molar-refractivity contribution is 5.78. The fourth-order valence-electron chi connectivity index (χ4n) is 2.33. The SMILES string of the molecule is CN1CC[C@@H](NC(=O)Cc2ccc(OC(F)(F)F)cc2)C1. The largest absolute Gasteiger partial charge is 0.573 e. The number of nitrogens with one attached hydrogen (secondary N) is 1. The van der Waals surface area contributed by atoms with Crippen LogP contribution in [0.3, 0.4) is 0 Å². The Labute approximate surface area is 120 Å². The van der Waals surface area contributed by atoms with E-state index in [0.717, 1.165) is 19.5 Å². The van der Waals surface area contributed by atoms with Gasteiger partial charge in [0, 0.05) is 12.6 Å². The Morgan fingerprint density at radius 2 is 2.05 bits per heavy atom. The first-order valence-electron chi connectivity index (χ1n) is 6.64. The Morgan fingerprint density at radius 1 is 1.38 bits per heavy atom.